The van der Waals surface area contributed by atoms with Crippen molar-refractivity contribution in [1.29, 1.82) is 0 Å². The number of rotatable bonds is 8. The largest absolute Gasteiger partial charge is 0.354 e. The molecule has 0 radical (unpaired) electrons. The average Bonchev–Trinajstić information content (AvgIpc) is 2.74. The summed E-state index contributed by atoms with van der Waals surface area (Å²) in [4.78, 5) is 25.2. The first-order valence-corrected chi connectivity index (χ1v) is 9.79. The first-order chi connectivity index (χ1) is 14.6. The summed E-state index contributed by atoms with van der Waals surface area (Å²) in [5.74, 6) is -0.725. The van der Waals surface area contributed by atoms with Crippen molar-refractivity contribution in [2.75, 3.05) is 11.9 Å². The van der Waals surface area contributed by atoms with E-state index in [0.717, 1.165) is 11.1 Å². The summed E-state index contributed by atoms with van der Waals surface area (Å²) in [6, 6.07) is 23.5. The predicted octanol–water partition coefficient (Wildman–Crippen LogP) is 3.92. The van der Waals surface area contributed by atoms with Crippen LogP contribution in [0.3, 0.4) is 0 Å². The molecule has 0 aliphatic rings. The Bertz CT molecular complexity index is 964. The number of hydrogen-bond acceptors (Lipinski definition) is 2. The summed E-state index contributed by atoms with van der Waals surface area (Å²) in [6.45, 7) is 0.460. The van der Waals surface area contributed by atoms with Crippen LogP contribution >= 0.6 is 0 Å². The Labute approximate surface area is 175 Å². The van der Waals surface area contributed by atoms with E-state index in [9.17, 15) is 14.0 Å². The van der Waals surface area contributed by atoms with E-state index in [1.54, 1.807) is 6.07 Å². The lowest BCUT2D eigenvalue weighted by Gasteiger charge is -2.19. The van der Waals surface area contributed by atoms with E-state index in [4.69, 9.17) is 0 Å². The van der Waals surface area contributed by atoms with Gasteiger partial charge in [0.25, 0.3) is 0 Å². The van der Waals surface area contributed by atoms with Crippen LogP contribution in [0.15, 0.2) is 84.9 Å². The Hall–Kier alpha value is -3.67. The molecule has 0 aliphatic heterocycles. The van der Waals surface area contributed by atoms with E-state index >= 15 is 0 Å². The normalized spacial score (nSPS) is 11.4. The van der Waals surface area contributed by atoms with Gasteiger partial charge < -0.3 is 16.0 Å². The molecule has 3 aromatic rings. The van der Waals surface area contributed by atoms with Crippen LogP contribution in [0, 0.1) is 5.82 Å². The number of carbonyl (C=O) groups is 2. The zero-order valence-corrected chi connectivity index (χ0v) is 16.5. The molecule has 0 aliphatic carbocycles. The maximum atomic E-state index is 13.3. The minimum Gasteiger partial charge on any atom is -0.354 e. The molecule has 30 heavy (non-hydrogen) atoms. The fourth-order valence-electron chi connectivity index (χ4n) is 3.05. The molecule has 3 aromatic carbocycles. The average molecular weight is 405 g/mol. The molecule has 1 atom stereocenters. The van der Waals surface area contributed by atoms with Gasteiger partial charge in [-0.25, -0.2) is 9.18 Å². The topological polar surface area (TPSA) is 70.2 Å². The molecule has 0 saturated heterocycles. The van der Waals surface area contributed by atoms with Crippen molar-refractivity contribution in [1.82, 2.24) is 10.6 Å². The van der Waals surface area contributed by atoms with Crippen molar-refractivity contribution in [2.24, 2.45) is 0 Å². The highest BCUT2D eigenvalue weighted by atomic mass is 19.1. The highest BCUT2D eigenvalue weighted by molar-refractivity contribution is 5.93. The Kier molecular flexibility index (Phi) is 7.55. The molecule has 3 amide bonds. The fourth-order valence-corrected chi connectivity index (χ4v) is 3.05. The summed E-state index contributed by atoms with van der Waals surface area (Å²) in [5.41, 5.74) is 2.36. The Morgan fingerprint density at radius 1 is 0.833 bits per heavy atom. The molecule has 3 N–H and O–H groups in total. The van der Waals surface area contributed by atoms with Crippen LogP contribution in [0.1, 0.15) is 11.1 Å². The predicted molar refractivity (Wildman–Crippen MR) is 116 cm³/mol. The monoisotopic (exact) mass is 405 g/mol. The Balaban J connectivity index is 1.61. The van der Waals surface area contributed by atoms with Crippen molar-refractivity contribution in [3.63, 3.8) is 0 Å². The van der Waals surface area contributed by atoms with Crippen molar-refractivity contribution >= 4 is 17.6 Å². The molecule has 0 aromatic heterocycles. The van der Waals surface area contributed by atoms with Crippen molar-refractivity contribution < 1.29 is 14.0 Å². The SMILES string of the molecule is O=C(Nc1cccc(F)c1)NC(Cc1ccccc1)C(=O)NCCc1ccccc1. The molecule has 3 rings (SSSR count). The molecule has 154 valence electrons. The van der Waals surface area contributed by atoms with Crippen LogP contribution in [0.2, 0.25) is 0 Å². The first kappa shape index (κ1) is 21.0. The van der Waals surface area contributed by atoms with Crippen LogP contribution in [0.4, 0.5) is 14.9 Å². The van der Waals surface area contributed by atoms with Gasteiger partial charge in [-0.15, -0.1) is 0 Å². The van der Waals surface area contributed by atoms with E-state index < -0.39 is 17.9 Å². The van der Waals surface area contributed by atoms with Gasteiger partial charge in [0.05, 0.1) is 0 Å². The standard InChI is InChI=1S/C24H24FN3O2/c25-20-12-7-13-21(17-20)27-24(30)28-22(16-19-10-5-2-6-11-19)23(29)26-15-14-18-8-3-1-4-9-18/h1-13,17,22H,14-16H2,(H,26,29)(H2,27,28,30). The molecule has 0 heterocycles. The molecule has 5 nitrogen and oxygen atoms in total. The fraction of sp³-hybridized carbons (Fsp3) is 0.167. The second-order valence-electron chi connectivity index (χ2n) is 6.88. The number of amides is 3. The number of carbonyl (C=O) groups excluding carboxylic acids is 2. The van der Waals surface area contributed by atoms with Crippen LogP contribution in [0.5, 0.6) is 0 Å². The third-order valence-corrected chi connectivity index (χ3v) is 4.54. The molecule has 6 heteroatoms. The first-order valence-electron chi connectivity index (χ1n) is 9.79. The van der Waals surface area contributed by atoms with Gasteiger partial charge in [-0.2, -0.15) is 0 Å². The molecule has 0 saturated carbocycles. The molecule has 1 unspecified atom stereocenters. The quantitative estimate of drug-likeness (QED) is 0.532. The van der Waals surface area contributed by atoms with Crippen LogP contribution in [-0.2, 0) is 17.6 Å². The third-order valence-electron chi connectivity index (χ3n) is 4.54. The number of halogens is 1. The Morgan fingerprint density at radius 2 is 1.50 bits per heavy atom. The van der Waals surface area contributed by atoms with Crippen LogP contribution in [0.25, 0.3) is 0 Å². The van der Waals surface area contributed by atoms with E-state index in [1.807, 2.05) is 60.7 Å². The lowest BCUT2D eigenvalue weighted by molar-refractivity contribution is -0.122. The maximum Gasteiger partial charge on any atom is 0.319 e. The number of nitrogens with one attached hydrogen (secondary N) is 3. The number of hydrogen-bond donors (Lipinski definition) is 3. The van der Waals surface area contributed by atoms with E-state index in [0.29, 0.717) is 25.1 Å². The van der Waals surface area contributed by atoms with Gasteiger partial charge in [-0.05, 0) is 35.7 Å². The maximum absolute atomic E-state index is 13.3. The molecule has 0 fully saturated rings. The lowest BCUT2D eigenvalue weighted by atomic mass is 10.1. The summed E-state index contributed by atoms with van der Waals surface area (Å²) in [5, 5.41) is 8.15. The lowest BCUT2D eigenvalue weighted by Crippen LogP contribution is -2.49. The van der Waals surface area contributed by atoms with E-state index in [2.05, 4.69) is 16.0 Å². The number of benzene rings is 3. The smallest absolute Gasteiger partial charge is 0.319 e. The van der Waals surface area contributed by atoms with Crippen molar-refractivity contribution in [3.05, 3.63) is 102 Å². The van der Waals surface area contributed by atoms with Gasteiger partial charge in [0, 0.05) is 18.7 Å². The van der Waals surface area contributed by atoms with Gasteiger partial charge in [-0.3, -0.25) is 4.79 Å². The van der Waals surface area contributed by atoms with Crippen LogP contribution in [-0.4, -0.2) is 24.5 Å². The summed E-state index contributed by atoms with van der Waals surface area (Å²) in [6.07, 6.45) is 1.04. The summed E-state index contributed by atoms with van der Waals surface area (Å²) >= 11 is 0. The summed E-state index contributed by atoms with van der Waals surface area (Å²) in [7, 11) is 0. The van der Waals surface area contributed by atoms with Gasteiger partial charge >= 0.3 is 6.03 Å². The highest BCUT2D eigenvalue weighted by Crippen LogP contribution is 2.09. The highest BCUT2D eigenvalue weighted by Gasteiger charge is 2.21. The second-order valence-corrected chi connectivity index (χ2v) is 6.88. The van der Waals surface area contributed by atoms with Gasteiger partial charge in [0.15, 0.2) is 0 Å². The third kappa shape index (κ3) is 6.74. The molecule has 0 bridgehead atoms. The van der Waals surface area contributed by atoms with Gasteiger partial charge in [0.2, 0.25) is 5.91 Å². The summed E-state index contributed by atoms with van der Waals surface area (Å²) < 4.78 is 13.3. The number of urea groups is 1. The number of anilines is 1. The van der Waals surface area contributed by atoms with Crippen LogP contribution < -0.4 is 16.0 Å². The zero-order valence-electron chi connectivity index (χ0n) is 16.5. The molecular formula is C24H24FN3O2. The zero-order chi connectivity index (χ0) is 21.2. The van der Waals surface area contributed by atoms with E-state index in [1.165, 1.54) is 18.2 Å². The minimum atomic E-state index is -0.767. The molecule has 0 spiro atoms. The van der Waals surface area contributed by atoms with Gasteiger partial charge in [0.1, 0.15) is 11.9 Å². The van der Waals surface area contributed by atoms with Crippen molar-refractivity contribution in [3.8, 4) is 0 Å². The second kappa shape index (κ2) is 10.8. The molecular weight excluding hydrogens is 381 g/mol. The Morgan fingerprint density at radius 3 is 2.17 bits per heavy atom. The van der Waals surface area contributed by atoms with Gasteiger partial charge in [-0.1, -0.05) is 66.7 Å². The van der Waals surface area contributed by atoms with E-state index in [-0.39, 0.29) is 5.91 Å². The minimum absolute atomic E-state index is 0.274. The van der Waals surface area contributed by atoms with Crippen molar-refractivity contribution in [2.45, 2.75) is 18.9 Å².